The molecule has 0 aromatic carbocycles. The largest absolute Gasteiger partial charge is 0.391 e. The van der Waals surface area contributed by atoms with Crippen molar-refractivity contribution >= 4 is 5.78 Å². The maximum atomic E-state index is 11.6. The number of likely N-dealkylation sites (N-methyl/N-ethyl adjacent to an activating group) is 1. The van der Waals surface area contributed by atoms with Gasteiger partial charge in [-0.3, -0.25) is 9.69 Å². The Kier molecular flexibility index (Phi) is 6.04. The maximum absolute atomic E-state index is 11.6. The molecular weight excluding hydrogens is 214 g/mol. The van der Waals surface area contributed by atoms with E-state index in [1.54, 1.807) is 12.2 Å². The first-order valence-corrected chi connectivity index (χ1v) is 6.00. The standard InChI is InChI=1S/C14H25NO2/c1-6-8-9-10-11(3)14(17)13(12(4)16)15(5)7-2/h6,8-9,11,13-14,17H,1,7,10H2,2-5H3/t11-,13-,14?/m1/s1/i1D2. The summed E-state index contributed by atoms with van der Waals surface area (Å²) in [5, 5.41) is 10.3. The Morgan fingerprint density at radius 3 is 2.76 bits per heavy atom. The summed E-state index contributed by atoms with van der Waals surface area (Å²) in [6.45, 7) is 5.78. The van der Waals surface area contributed by atoms with E-state index < -0.39 is 12.1 Å². The molecule has 0 amide bonds. The summed E-state index contributed by atoms with van der Waals surface area (Å²) in [6, 6.07) is -0.480. The second-order valence-corrected chi connectivity index (χ2v) is 4.43. The molecule has 17 heavy (non-hydrogen) atoms. The zero-order chi connectivity index (χ0) is 15.0. The fourth-order valence-corrected chi connectivity index (χ4v) is 1.82. The van der Waals surface area contributed by atoms with Crippen LogP contribution in [0.2, 0.25) is 0 Å². The van der Waals surface area contributed by atoms with Crippen molar-refractivity contribution in [2.45, 2.75) is 39.3 Å². The van der Waals surface area contributed by atoms with Crippen LogP contribution in [-0.4, -0.2) is 41.5 Å². The highest BCUT2D eigenvalue weighted by Gasteiger charge is 2.30. The minimum Gasteiger partial charge on any atom is -0.391 e. The van der Waals surface area contributed by atoms with Crippen LogP contribution in [0.1, 0.15) is 29.9 Å². The Bertz CT molecular complexity index is 338. The lowest BCUT2D eigenvalue weighted by atomic mass is 9.92. The molecule has 1 unspecified atom stereocenters. The summed E-state index contributed by atoms with van der Waals surface area (Å²) in [5.41, 5.74) is 0. The number of aliphatic hydroxyl groups is 1. The number of ketones is 1. The lowest BCUT2D eigenvalue weighted by Crippen LogP contribution is -2.48. The van der Waals surface area contributed by atoms with Crippen molar-refractivity contribution < 1.29 is 12.6 Å². The van der Waals surface area contributed by atoms with E-state index in [0.29, 0.717) is 13.0 Å². The third-order valence-electron chi connectivity index (χ3n) is 3.04. The number of Topliss-reactive ketones (excluding diaryl/α,β-unsaturated/α-hetero) is 1. The van der Waals surface area contributed by atoms with Gasteiger partial charge in [-0.05, 0) is 32.9 Å². The summed E-state index contributed by atoms with van der Waals surface area (Å²) in [7, 11) is 1.83. The third kappa shape index (κ3) is 5.29. The van der Waals surface area contributed by atoms with E-state index in [9.17, 15) is 9.90 Å². The van der Waals surface area contributed by atoms with Gasteiger partial charge in [0.2, 0.25) is 0 Å². The van der Waals surface area contributed by atoms with Crippen molar-refractivity contribution in [3.8, 4) is 0 Å². The van der Waals surface area contributed by atoms with Gasteiger partial charge < -0.3 is 5.11 Å². The van der Waals surface area contributed by atoms with Crippen molar-refractivity contribution in [1.82, 2.24) is 4.90 Å². The fraction of sp³-hybridized carbons (Fsp3) is 0.643. The predicted molar refractivity (Wildman–Crippen MR) is 71.9 cm³/mol. The van der Waals surface area contributed by atoms with Gasteiger partial charge in [-0.1, -0.05) is 38.6 Å². The van der Waals surface area contributed by atoms with Gasteiger partial charge in [0.25, 0.3) is 0 Å². The summed E-state index contributed by atoms with van der Waals surface area (Å²) in [5.74, 6) is -0.0976. The van der Waals surface area contributed by atoms with Gasteiger partial charge in [-0.25, -0.2) is 0 Å². The SMILES string of the molecule is [2H]C([2H])=CC=CC[C@@H](C)C(O)[C@@H](C(C)=O)N(C)CC. The molecule has 0 aliphatic heterocycles. The van der Waals surface area contributed by atoms with Crippen molar-refractivity contribution in [2.24, 2.45) is 5.92 Å². The summed E-state index contributed by atoms with van der Waals surface area (Å²) in [6.07, 6.45) is 4.69. The molecule has 98 valence electrons. The lowest BCUT2D eigenvalue weighted by molar-refractivity contribution is -0.126. The number of nitrogens with zero attached hydrogens (tertiary/aromatic N) is 1. The van der Waals surface area contributed by atoms with E-state index in [2.05, 4.69) is 0 Å². The molecule has 3 atom stereocenters. The molecule has 0 aromatic heterocycles. The zero-order valence-electron chi connectivity index (χ0n) is 13.2. The van der Waals surface area contributed by atoms with Crippen LogP contribution >= 0.6 is 0 Å². The number of carbonyl (C=O) groups excluding carboxylic acids is 1. The molecule has 0 aliphatic carbocycles. The van der Waals surface area contributed by atoms with Crippen LogP contribution in [0.5, 0.6) is 0 Å². The Morgan fingerprint density at radius 1 is 1.65 bits per heavy atom. The van der Waals surface area contributed by atoms with Crippen LogP contribution in [0, 0.1) is 5.92 Å². The van der Waals surface area contributed by atoms with Crippen molar-refractivity contribution in [1.29, 1.82) is 0 Å². The second-order valence-electron chi connectivity index (χ2n) is 4.43. The lowest BCUT2D eigenvalue weighted by Gasteiger charge is -2.32. The quantitative estimate of drug-likeness (QED) is 0.661. The van der Waals surface area contributed by atoms with Crippen LogP contribution in [0.25, 0.3) is 0 Å². The number of aliphatic hydroxyl groups excluding tert-OH is 1. The van der Waals surface area contributed by atoms with Gasteiger partial charge in [-0.15, -0.1) is 0 Å². The van der Waals surface area contributed by atoms with E-state index in [1.165, 1.54) is 13.0 Å². The molecule has 0 fully saturated rings. The highest BCUT2D eigenvalue weighted by molar-refractivity contribution is 5.82. The Hall–Kier alpha value is -0.930. The first-order valence-electron chi connectivity index (χ1n) is 7.00. The van der Waals surface area contributed by atoms with Crippen LogP contribution in [0.4, 0.5) is 0 Å². The van der Waals surface area contributed by atoms with Crippen LogP contribution < -0.4 is 0 Å². The fourth-order valence-electron chi connectivity index (χ4n) is 1.82. The number of hydrogen-bond donors (Lipinski definition) is 1. The average molecular weight is 241 g/mol. The Balaban J connectivity index is 4.59. The molecule has 0 heterocycles. The first kappa shape index (κ1) is 12.5. The Labute approximate surface area is 108 Å². The molecule has 1 N–H and O–H groups in total. The number of hydrogen-bond acceptors (Lipinski definition) is 3. The normalized spacial score (nSPS) is 18.5. The molecule has 3 heteroatoms. The smallest absolute Gasteiger partial charge is 0.149 e. The van der Waals surface area contributed by atoms with Gasteiger partial charge in [0.05, 0.1) is 14.9 Å². The van der Waals surface area contributed by atoms with Crippen LogP contribution in [0.15, 0.2) is 24.8 Å². The molecule has 0 saturated heterocycles. The molecule has 0 bridgehead atoms. The van der Waals surface area contributed by atoms with Gasteiger partial charge in [0, 0.05) is 0 Å². The molecular formula is C14H25NO2. The molecule has 0 radical (unpaired) electrons. The predicted octanol–water partition coefficient (Wildman–Crippen LogP) is 2.02. The monoisotopic (exact) mass is 241 g/mol. The number of rotatable bonds is 8. The molecule has 0 rings (SSSR count). The highest BCUT2D eigenvalue weighted by Crippen LogP contribution is 2.16. The zero-order valence-corrected chi connectivity index (χ0v) is 11.2. The molecule has 0 spiro atoms. The van der Waals surface area contributed by atoms with Crippen molar-refractivity contribution in [3.05, 3.63) is 24.8 Å². The number of allylic oxidation sites excluding steroid dienone is 3. The molecule has 0 aliphatic rings. The maximum Gasteiger partial charge on any atom is 0.149 e. The van der Waals surface area contributed by atoms with E-state index in [4.69, 9.17) is 2.74 Å². The van der Waals surface area contributed by atoms with Gasteiger partial charge >= 0.3 is 0 Å². The third-order valence-corrected chi connectivity index (χ3v) is 3.04. The molecule has 3 nitrogen and oxygen atoms in total. The Morgan fingerprint density at radius 2 is 2.29 bits per heavy atom. The highest BCUT2D eigenvalue weighted by atomic mass is 16.3. The first-order chi connectivity index (χ1) is 8.81. The molecule has 0 aromatic rings. The average Bonchev–Trinajstić information content (AvgIpc) is 2.33. The van der Waals surface area contributed by atoms with E-state index in [0.717, 1.165) is 0 Å². The van der Waals surface area contributed by atoms with Gasteiger partial charge in [0.15, 0.2) is 0 Å². The summed E-state index contributed by atoms with van der Waals surface area (Å²) >= 11 is 0. The number of carbonyl (C=O) groups is 1. The van der Waals surface area contributed by atoms with Gasteiger partial charge in [0.1, 0.15) is 5.78 Å². The summed E-state index contributed by atoms with van der Waals surface area (Å²) < 4.78 is 13.9. The van der Waals surface area contributed by atoms with Crippen LogP contribution in [-0.2, 0) is 4.79 Å². The molecule has 0 saturated carbocycles. The van der Waals surface area contributed by atoms with E-state index in [1.807, 2.05) is 25.8 Å². The van der Waals surface area contributed by atoms with Crippen molar-refractivity contribution in [2.75, 3.05) is 13.6 Å². The van der Waals surface area contributed by atoms with Crippen molar-refractivity contribution in [3.63, 3.8) is 0 Å². The van der Waals surface area contributed by atoms with E-state index >= 15 is 0 Å². The van der Waals surface area contributed by atoms with E-state index in [-0.39, 0.29) is 18.2 Å². The van der Waals surface area contributed by atoms with Crippen LogP contribution in [0.3, 0.4) is 0 Å². The minimum atomic E-state index is -0.720. The second kappa shape index (κ2) is 8.20. The van der Waals surface area contributed by atoms with Gasteiger partial charge in [-0.2, -0.15) is 0 Å². The summed E-state index contributed by atoms with van der Waals surface area (Å²) in [4.78, 5) is 13.5. The minimum absolute atomic E-state index is 0.0350. The topological polar surface area (TPSA) is 40.5 Å².